The molecule has 7 heteroatoms. The summed E-state index contributed by atoms with van der Waals surface area (Å²) in [6.45, 7) is 1.78. The SMILES string of the molecule is COc1ccc(Cc2c(C)nc(SC)[nH]c2=O)c(Cl)c1O. The highest BCUT2D eigenvalue weighted by atomic mass is 35.5. The Morgan fingerprint density at radius 1 is 1.48 bits per heavy atom. The number of halogens is 1. The van der Waals surface area contributed by atoms with Gasteiger partial charge < -0.3 is 14.8 Å². The third kappa shape index (κ3) is 3.16. The summed E-state index contributed by atoms with van der Waals surface area (Å²) in [5, 5.41) is 10.7. The highest BCUT2D eigenvalue weighted by molar-refractivity contribution is 7.98. The maximum absolute atomic E-state index is 12.1. The van der Waals surface area contributed by atoms with Crippen molar-refractivity contribution in [2.45, 2.75) is 18.5 Å². The van der Waals surface area contributed by atoms with Crippen molar-refractivity contribution in [3.05, 3.63) is 44.3 Å². The first kappa shape index (κ1) is 15.7. The zero-order valence-corrected chi connectivity index (χ0v) is 13.4. The number of phenols is 1. The van der Waals surface area contributed by atoms with E-state index in [0.29, 0.717) is 34.1 Å². The van der Waals surface area contributed by atoms with Crippen LogP contribution in [0.3, 0.4) is 0 Å². The molecule has 0 atom stereocenters. The summed E-state index contributed by atoms with van der Waals surface area (Å²) < 4.78 is 4.99. The van der Waals surface area contributed by atoms with Crippen LogP contribution < -0.4 is 10.3 Å². The Bertz CT molecular complexity index is 731. The average Bonchev–Trinajstić information content (AvgIpc) is 2.47. The van der Waals surface area contributed by atoms with E-state index in [2.05, 4.69) is 9.97 Å². The number of phenolic OH excluding ortho intramolecular Hbond substituents is 1. The minimum atomic E-state index is -0.196. The van der Waals surface area contributed by atoms with Crippen LogP contribution in [0.15, 0.2) is 22.1 Å². The Morgan fingerprint density at radius 3 is 2.76 bits per heavy atom. The summed E-state index contributed by atoms with van der Waals surface area (Å²) in [4.78, 5) is 19.1. The van der Waals surface area contributed by atoms with E-state index < -0.39 is 0 Å². The fourth-order valence-electron chi connectivity index (χ4n) is 1.97. The predicted octanol–water partition coefficient (Wildman–Crippen LogP) is 2.76. The van der Waals surface area contributed by atoms with Gasteiger partial charge in [0.05, 0.1) is 12.1 Å². The van der Waals surface area contributed by atoms with Crippen molar-refractivity contribution in [2.24, 2.45) is 0 Å². The molecule has 2 N–H and O–H groups in total. The second kappa shape index (κ2) is 6.41. The molecule has 0 bridgehead atoms. The zero-order chi connectivity index (χ0) is 15.6. The zero-order valence-electron chi connectivity index (χ0n) is 11.9. The van der Waals surface area contributed by atoms with Gasteiger partial charge in [-0.05, 0) is 24.8 Å². The third-order valence-corrected chi connectivity index (χ3v) is 4.14. The van der Waals surface area contributed by atoms with Crippen molar-refractivity contribution in [1.82, 2.24) is 9.97 Å². The molecule has 1 aromatic carbocycles. The topological polar surface area (TPSA) is 75.2 Å². The molecule has 0 saturated carbocycles. The van der Waals surface area contributed by atoms with E-state index >= 15 is 0 Å². The molecule has 5 nitrogen and oxygen atoms in total. The van der Waals surface area contributed by atoms with Gasteiger partial charge in [0.2, 0.25) is 0 Å². The van der Waals surface area contributed by atoms with Gasteiger partial charge in [0.25, 0.3) is 5.56 Å². The molecule has 0 aliphatic rings. The molecular formula is C14H15ClN2O3S. The van der Waals surface area contributed by atoms with Crippen molar-refractivity contribution in [3.63, 3.8) is 0 Å². The van der Waals surface area contributed by atoms with E-state index in [1.807, 2.05) is 6.26 Å². The third-order valence-electron chi connectivity index (χ3n) is 3.14. The summed E-state index contributed by atoms with van der Waals surface area (Å²) >= 11 is 7.50. The van der Waals surface area contributed by atoms with Crippen molar-refractivity contribution in [2.75, 3.05) is 13.4 Å². The lowest BCUT2D eigenvalue weighted by atomic mass is 10.0. The molecule has 0 aliphatic heterocycles. The number of thioether (sulfide) groups is 1. The monoisotopic (exact) mass is 326 g/mol. The number of ether oxygens (including phenoxy) is 1. The van der Waals surface area contributed by atoms with Crippen molar-refractivity contribution in [1.29, 1.82) is 0 Å². The molecule has 0 spiro atoms. The molecule has 1 aromatic heterocycles. The average molecular weight is 327 g/mol. The van der Waals surface area contributed by atoms with Crippen molar-refractivity contribution >= 4 is 23.4 Å². The van der Waals surface area contributed by atoms with Gasteiger partial charge in [0.1, 0.15) is 0 Å². The number of nitrogens with one attached hydrogen (secondary N) is 1. The number of aromatic hydroxyl groups is 1. The first-order valence-electron chi connectivity index (χ1n) is 6.16. The summed E-state index contributed by atoms with van der Waals surface area (Å²) in [7, 11) is 1.45. The highest BCUT2D eigenvalue weighted by Gasteiger charge is 2.15. The number of aromatic amines is 1. The van der Waals surface area contributed by atoms with Crippen molar-refractivity contribution in [3.8, 4) is 11.5 Å². The minimum absolute atomic E-state index is 0.126. The molecule has 0 fully saturated rings. The first-order valence-corrected chi connectivity index (χ1v) is 7.76. The van der Waals surface area contributed by atoms with E-state index in [0.717, 1.165) is 0 Å². The number of nitrogens with zero attached hydrogens (tertiary/aromatic N) is 1. The molecule has 0 radical (unpaired) electrons. The summed E-state index contributed by atoms with van der Waals surface area (Å²) in [5.41, 5.74) is 1.62. The van der Waals surface area contributed by atoms with Crippen LogP contribution in [0.4, 0.5) is 0 Å². The lowest BCUT2D eigenvalue weighted by molar-refractivity contribution is 0.373. The Kier molecular flexibility index (Phi) is 4.80. The molecule has 0 aliphatic carbocycles. The molecule has 21 heavy (non-hydrogen) atoms. The van der Waals surface area contributed by atoms with Crippen LogP contribution in [0, 0.1) is 6.92 Å². The lowest BCUT2D eigenvalue weighted by Gasteiger charge is -2.11. The molecule has 0 unspecified atom stereocenters. The number of rotatable bonds is 4. The van der Waals surface area contributed by atoms with Crippen LogP contribution in [0.1, 0.15) is 16.8 Å². The molecule has 2 rings (SSSR count). The number of methoxy groups -OCH3 is 1. The maximum Gasteiger partial charge on any atom is 0.255 e. The molecule has 0 saturated heterocycles. The largest absolute Gasteiger partial charge is 0.503 e. The Morgan fingerprint density at radius 2 is 2.19 bits per heavy atom. The molecule has 0 amide bonds. The first-order chi connectivity index (χ1) is 9.97. The Balaban J connectivity index is 2.44. The molecule has 112 valence electrons. The van der Waals surface area contributed by atoms with Crippen LogP contribution >= 0.6 is 23.4 Å². The predicted molar refractivity (Wildman–Crippen MR) is 83.9 cm³/mol. The van der Waals surface area contributed by atoms with E-state index in [1.54, 1.807) is 19.1 Å². The molecule has 2 aromatic rings. The summed E-state index contributed by atoms with van der Waals surface area (Å²) in [5.74, 6) is 0.171. The maximum atomic E-state index is 12.1. The van der Waals surface area contributed by atoms with Crippen LogP contribution in [-0.2, 0) is 6.42 Å². The van der Waals surface area contributed by atoms with Gasteiger partial charge in [-0.1, -0.05) is 29.4 Å². The molecule has 1 heterocycles. The van der Waals surface area contributed by atoms with Gasteiger partial charge in [-0.3, -0.25) is 4.79 Å². The number of hydrogen-bond acceptors (Lipinski definition) is 5. The minimum Gasteiger partial charge on any atom is -0.503 e. The van der Waals surface area contributed by atoms with Crippen LogP contribution in [0.25, 0.3) is 0 Å². The number of aryl methyl sites for hydroxylation is 1. The standard InChI is InChI=1S/C14H15ClN2O3S/c1-7-9(13(19)17-14(16-7)21-3)6-8-4-5-10(20-2)12(18)11(8)15/h4-5,18H,6H2,1-3H3,(H,16,17,19). The number of H-pyrrole nitrogens is 1. The summed E-state index contributed by atoms with van der Waals surface area (Å²) in [6.07, 6.45) is 2.13. The van der Waals surface area contributed by atoms with E-state index in [1.165, 1.54) is 18.9 Å². The van der Waals surface area contributed by atoms with Gasteiger partial charge in [0.15, 0.2) is 16.7 Å². The van der Waals surface area contributed by atoms with Crippen LogP contribution in [0.5, 0.6) is 11.5 Å². The Hall–Kier alpha value is -1.66. The van der Waals surface area contributed by atoms with Gasteiger partial charge in [-0.2, -0.15) is 0 Å². The van der Waals surface area contributed by atoms with E-state index in [9.17, 15) is 9.90 Å². The smallest absolute Gasteiger partial charge is 0.255 e. The van der Waals surface area contributed by atoms with E-state index in [-0.39, 0.29) is 16.3 Å². The highest BCUT2D eigenvalue weighted by Crippen LogP contribution is 2.36. The van der Waals surface area contributed by atoms with Gasteiger partial charge in [0, 0.05) is 17.7 Å². The second-order valence-electron chi connectivity index (χ2n) is 4.41. The van der Waals surface area contributed by atoms with E-state index in [4.69, 9.17) is 16.3 Å². The summed E-state index contributed by atoms with van der Waals surface area (Å²) in [6, 6.07) is 3.34. The fraction of sp³-hybridized carbons (Fsp3) is 0.286. The number of hydrogen-bond donors (Lipinski definition) is 2. The number of aromatic nitrogens is 2. The molecular weight excluding hydrogens is 312 g/mol. The Labute approximate surface area is 131 Å². The van der Waals surface area contributed by atoms with Gasteiger partial charge >= 0.3 is 0 Å². The normalized spacial score (nSPS) is 10.7. The quantitative estimate of drug-likeness (QED) is 0.667. The number of benzene rings is 1. The van der Waals surface area contributed by atoms with Crippen molar-refractivity contribution < 1.29 is 9.84 Å². The van der Waals surface area contributed by atoms with Crippen LogP contribution in [0.2, 0.25) is 5.02 Å². The second-order valence-corrected chi connectivity index (χ2v) is 5.58. The van der Waals surface area contributed by atoms with Gasteiger partial charge in [-0.25, -0.2) is 4.98 Å². The fourth-order valence-corrected chi connectivity index (χ4v) is 2.62. The van der Waals surface area contributed by atoms with Gasteiger partial charge in [-0.15, -0.1) is 0 Å². The lowest BCUT2D eigenvalue weighted by Crippen LogP contribution is -2.17. The van der Waals surface area contributed by atoms with Crippen LogP contribution in [-0.4, -0.2) is 28.4 Å².